The van der Waals surface area contributed by atoms with Gasteiger partial charge in [-0.05, 0) is 25.5 Å². The normalized spacial score (nSPS) is 15.7. The molecule has 0 unspecified atom stereocenters. The lowest BCUT2D eigenvalue weighted by Crippen LogP contribution is -2.33. The summed E-state index contributed by atoms with van der Waals surface area (Å²) < 4.78 is 13.9. The largest absolute Gasteiger partial charge is 0.409 e. The molecule has 1 saturated carbocycles. The molecule has 5 nitrogen and oxygen atoms in total. The molecule has 1 aromatic carbocycles. The van der Waals surface area contributed by atoms with Gasteiger partial charge in [-0.15, -0.1) is 0 Å². The second-order valence-electron chi connectivity index (χ2n) is 5.33. The van der Waals surface area contributed by atoms with E-state index in [9.17, 15) is 4.39 Å². The Bertz CT molecular complexity index is 502. The predicted octanol–water partition coefficient (Wildman–Crippen LogP) is 1.49. The maximum Gasteiger partial charge on any atom is 0.170 e. The first-order chi connectivity index (χ1) is 10.2. The zero-order chi connectivity index (χ0) is 15.2. The summed E-state index contributed by atoms with van der Waals surface area (Å²) in [5, 5.41) is 14.7. The van der Waals surface area contributed by atoms with Crippen molar-refractivity contribution in [1.29, 1.82) is 0 Å². The molecule has 0 spiro atoms. The molecule has 0 bridgehead atoms. The van der Waals surface area contributed by atoms with Crippen LogP contribution in [0.15, 0.2) is 23.4 Å². The first kappa shape index (κ1) is 15.7. The van der Waals surface area contributed by atoms with E-state index in [1.165, 1.54) is 18.9 Å². The van der Waals surface area contributed by atoms with E-state index in [4.69, 9.17) is 10.9 Å². The van der Waals surface area contributed by atoms with Gasteiger partial charge >= 0.3 is 0 Å². The van der Waals surface area contributed by atoms with Gasteiger partial charge in [0.15, 0.2) is 5.84 Å². The number of nitrogens with two attached hydrogens (primary N) is 1. The quantitative estimate of drug-likeness (QED) is 0.223. The third-order valence-electron chi connectivity index (χ3n) is 3.82. The maximum absolute atomic E-state index is 13.9. The molecule has 0 amide bonds. The highest BCUT2D eigenvalue weighted by Crippen LogP contribution is 2.25. The van der Waals surface area contributed by atoms with Crippen LogP contribution in [0.25, 0.3) is 0 Å². The van der Waals surface area contributed by atoms with Crippen LogP contribution < -0.4 is 11.1 Å². The summed E-state index contributed by atoms with van der Waals surface area (Å²) >= 11 is 0. The number of likely N-dealkylation sites (N-methyl/N-ethyl adjacent to an activating group) is 1. The maximum atomic E-state index is 13.9. The van der Waals surface area contributed by atoms with E-state index in [1.807, 2.05) is 0 Å². The minimum atomic E-state index is -0.346. The average molecular weight is 294 g/mol. The second-order valence-corrected chi connectivity index (χ2v) is 5.33. The van der Waals surface area contributed by atoms with E-state index in [0.29, 0.717) is 17.7 Å². The Morgan fingerprint density at radius 2 is 2.29 bits per heavy atom. The first-order valence-corrected chi connectivity index (χ1v) is 7.36. The Labute approximate surface area is 124 Å². The molecule has 0 aromatic heterocycles. The number of amidine groups is 1. The van der Waals surface area contributed by atoms with Gasteiger partial charge in [-0.2, -0.15) is 0 Å². The third-order valence-corrected chi connectivity index (χ3v) is 3.82. The van der Waals surface area contributed by atoms with Crippen molar-refractivity contribution in [1.82, 2.24) is 10.2 Å². The van der Waals surface area contributed by atoms with Crippen LogP contribution in [0, 0.1) is 5.82 Å². The highest BCUT2D eigenvalue weighted by molar-refractivity contribution is 5.97. The smallest absolute Gasteiger partial charge is 0.170 e. The molecule has 4 N–H and O–H groups in total. The van der Waals surface area contributed by atoms with Crippen molar-refractivity contribution in [2.75, 3.05) is 19.6 Å². The molecular weight excluding hydrogens is 271 g/mol. The van der Waals surface area contributed by atoms with E-state index in [0.717, 1.165) is 25.7 Å². The van der Waals surface area contributed by atoms with E-state index < -0.39 is 0 Å². The number of benzene rings is 1. The molecule has 1 fully saturated rings. The van der Waals surface area contributed by atoms with Crippen LogP contribution in [0.5, 0.6) is 0 Å². The zero-order valence-corrected chi connectivity index (χ0v) is 12.3. The summed E-state index contributed by atoms with van der Waals surface area (Å²) in [6.07, 6.45) is 2.61. The molecule has 0 radical (unpaired) electrons. The van der Waals surface area contributed by atoms with Crippen LogP contribution in [-0.4, -0.2) is 41.6 Å². The number of rotatable bonds is 8. The van der Waals surface area contributed by atoms with Crippen LogP contribution in [-0.2, 0) is 6.54 Å². The molecular formula is C15H23FN4O. The van der Waals surface area contributed by atoms with E-state index >= 15 is 0 Å². The molecule has 1 aliphatic carbocycles. The number of hydrogen-bond acceptors (Lipinski definition) is 4. The summed E-state index contributed by atoms with van der Waals surface area (Å²) in [5.41, 5.74) is 6.39. The molecule has 116 valence electrons. The van der Waals surface area contributed by atoms with Crippen molar-refractivity contribution < 1.29 is 9.60 Å². The molecule has 1 aliphatic rings. The Morgan fingerprint density at radius 3 is 2.86 bits per heavy atom. The van der Waals surface area contributed by atoms with Gasteiger partial charge in [0.2, 0.25) is 0 Å². The predicted molar refractivity (Wildman–Crippen MR) is 80.9 cm³/mol. The summed E-state index contributed by atoms with van der Waals surface area (Å²) in [7, 11) is 0. The summed E-state index contributed by atoms with van der Waals surface area (Å²) in [6, 6.07) is 5.36. The molecule has 0 aliphatic heterocycles. The fourth-order valence-corrected chi connectivity index (χ4v) is 2.39. The second kappa shape index (κ2) is 7.38. The Hall–Kier alpha value is -1.66. The topological polar surface area (TPSA) is 73.9 Å². The monoisotopic (exact) mass is 294 g/mol. The fraction of sp³-hybridized carbons (Fsp3) is 0.533. The lowest BCUT2D eigenvalue weighted by atomic mass is 10.1. The van der Waals surface area contributed by atoms with Crippen molar-refractivity contribution >= 4 is 5.84 Å². The lowest BCUT2D eigenvalue weighted by molar-refractivity contribution is 0.276. The van der Waals surface area contributed by atoms with Crippen LogP contribution in [0.4, 0.5) is 4.39 Å². The van der Waals surface area contributed by atoms with Crippen molar-refractivity contribution in [2.24, 2.45) is 10.9 Å². The van der Waals surface area contributed by atoms with Gasteiger partial charge in [-0.25, -0.2) is 4.39 Å². The number of halogens is 1. The SMILES string of the molecule is CCN(CCNCc1ccc(/C(N)=N/O)cc1F)C1CC1. The summed E-state index contributed by atoms with van der Waals surface area (Å²) in [6.45, 7) is 5.54. The Kier molecular flexibility index (Phi) is 5.52. The average Bonchev–Trinajstić information content (AvgIpc) is 3.32. The Morgan fingerprint density at radius 1 is 1.52 bits per heavy atom. The van der Waals surface area contributed by atoms with Gasteiger partial charge in [0, 0.05) is 36.8 Å². The fourth-order valence-electron chi connectivity index (χ4n) is 2.39. The van der Waals surface area contributed by atoms with E-state index in [2.05, 4.69) is 22.3 Å². The van der Waals surface area contributed by atoms with Crippen molar-refractivity contribution in [3.8, 4) is 0 Å². The third kappa shape index (κ3) is 4.41. The van der Waals surface area contributed by atoms with Gasteiger partial charge in [0.05, 0.1) is 0 Å². The number of hydrogen-bond donors (Lipinski definition) is 3. The van der Waals surface area contributed by atoms with E-state index in [-0.39, 0.29) is 11.7 Å². The van der Waals surface area contributed by atoms with Crippen molar-refractivity contribution in [2.45, 2.75) is 32.4 Å². The molecule has 21 heavy (non-hydrogen) atoms. The molecule has 0 saturated heterocycles. The minimum Gasteiger partial charge on any atom is -0.409 e. The molecule has 2 rings (SSSR count). The molecule has 0 heterocycles. The van der Waals surface area contributed by atoms with Crippen LogP contribution in [0.3, 0.4) is 0 Å². The highest BCUT2D eigenvalue weighted by Gasteiger charge is 2.26. The van der Waals surface area contributed by atoms with Gasteiger partial charge in [0.1, 0.15) is 5.82 Å². The lowest BCUT2D eigenvalue weighted by Gasteiger charge is -2.19. The van der Waals surface area contributed by atoms with Gasteiger partial charge in [0.25, 0.3) is 0 Å². The molecule has 6 heteroatoms. The van der Waals surface area contributed by atoms with Crippen LogP contribution in [0.1, 0.15) is 30.9 Å². The number of oxime groups is 1. The molecule has 0 atom stereocenters. The van der Waals surface area contributed by atoms with Crippen LogP contribution in [0.2, 0.25) is 0 Å². The Balaban J connectivity index is 1.80. The van der Waals surface area contributed by atoms with Crippen molar-refractivity contribution in [3.05, 3.63) is 35.1 Å². The minimum absolute atomic E-state index is 0.0866. The van der Waals surface area contributed by atoms with Gasteiger partial charge in [-0.3, -0.25) is 4.90 Å². The first-order valence-electron chi connectivity index (χ1n) is 7.36. The van der Waals surface area contributed by atoms with Gasteiger partial charge in [-0.1, -0.05) is 24.2 Å². The number of nitrogens with one attached hydrogen (secondary N) is 1. The van der Waals surface area contributed by atoms with Gasteiger partial charge < -0.3 is 16.3 Å². The van der Waals surface area contributed by atoms with Crippen LogP contribution >= 0.6 is 0 Å². The summed E-state index contributed by atoms with van der Waals surface area (Å²) in [4.78, 5) is 2.45. The zero-order valence-electron chi connectivity index (χ0n) is 12.3. The molecule has 1 aromatic rings. The van der Waals surface area contributed by atoms with Crippen molar-refractivity contribution in [3.63, 3.8) is 0 Å². The number of nitrogens with zero attached hydrogens (tertiary/aromatic N) is 2. The standard InChI is InChI=1S/C15H23FN4O/c1-2-20(13-5-6-13)8-7-18-10-12-4-3-11(9-14(12)16)15(17)19-21/h3-4,9,13,18,21H,2,5-8,10H2,1H3,(H2,17,19). The summed E-state index contributed by atoms with van der Waals surface area (Å²) in [5.74, 6) is -0.433. The highest BCUT2D eigenvalue weighted by atomic mass is 19.1. The van der Waals surface area contributed by atoms with E-state index in [1.54, 1.807) is 12.1 Å².